The number of hydrogen-bond acceptors (Lipinski definition) is 3. The van der Waals surface area contributed by atoms with Crippen LogP contribution in [0.3, 0.4) is 0 Å². The average Bonchev–Trinajstić information content (AvgIpc) is 2.93. The molecule has 3 heteroatoms. The second kappa shape index (κ2) is 3.94. The van der Waals surface area contributed by atoms with E-state index in [1.165, 1.54) is 58.0 Å². The molecular formula is C14H25N3. The summed E-state index contributed by atoms with van der Waals surface area (Å²) in [6.45, 7) is 2.72. The first-order valence-electron chi connectivity index (χ1n) is 7.60. The molecule has 0 aromatic heterocycles. The van der Waals surface area contributed by atoms with Crippen LogP contribution in [-0.2, 0) is 0 Å². The van der Waals surface area contributed by atoms with E-state index < -0.39 is 0 Å². The van der Waals surface area contributed by atoms with E-state index >= 15 is 0 Å². The van der Waals surface area contributed by atoms with Crippen LogP contribution in [0.25, 0.3) is 0 Å². The third-order valence-corrected chi connectivity index (χ3v) is 5.78. The molecule has 0 spiro atoms. The predicted octanol–water partition coefficient (Wildman–Crippen LogP) is 1.18. The Hall–Kier alpha value is -0.120. The molecule has 2 bridgehead atoms. The normalized spacial score (nSPS) is 51.0. The van der Waals surface area contributed by atoms with Gasteiger partial charge in [0.15, 0.2) is 0 Å². The molecule has 17 heavy (non-hydrogen) atoms. The van der Waals surface area contributed by atoms with Crippen molar-refractivity contribution < 1.29 is 0 Å². The quantitative estimate of drug-likeness (QED) is 0.741. The summed E-state index contributed by atoms with van der Waals surface area (Å²) in [5.41, 5.74) is 6.19. The molecule has 0 aromatic carbocycles. The topological polar surface area (TPSA) is 32.5 Å². The Morgan fingerprint density at radius 3 is 2.35 bits per heavy atom. The van der Waals surface area contributed by atoms with Gasteiger partial charge in [-0.25, -0.2) is 0 Å². The summed E-state index contributed by atoms with van der Waals surface area (Å²) in [5, 5.41) is 0. The fraction of sp³-hybridized carbons (Fsp3) is 1.00. The summed E-state index contributed by atoms with van der Waals surface area (Å²) in [5.74, 6) is 0. The second-order valence-corrected chi connectivity index (χ2v) is 6.67. The number of fused-ring (bicyclic) bond motifs is 3. The highest BCUT2D eigenvalue weighted by atomic mass is 15.3. The monoisotopic (exact) mass is 235 g/mol. The summed E-state index contributed by atoms with van der Waals surface area (Å²) in [4.78, 5) is 5.66. The molecule has 4 heterocycles. The van der Waals surface area contributed by atoms with Gasteiger partial charge in [-0.2, -0.15) is 0 Å². The van der Waals surface area contributed by atoms with E-state index in [9.17, 15) is 0 Å². The highest BCUT2D eigenvalue weighted by Gasteiger charge is 2.48. The van der Waals surface area contributed by atoms with Crippen molar-refractivity contribution in [3.63, 3.8) is 0 Å². The lowest BCUT2D eigenvalue weighted by molar-refractivity contribution is 0.0624. The molecule has 4 unspecified atom stereocenters. The average molecular weight is 235 g/mol. The molecule has 4 aliphatic rings. The van der Waals surface area contributed by atoms with Gasteiger partial charge in [-0.05, 0) is 51.5 Å². The maximum Gasteiger partial charge on any atom is 0.0269 e. The zero-order valence-corrected chi connectivity index (χ0v) is 10.7. The zero-order valence-electron chi connectivity index (χ0n) is 10.7. The smallest absolute Gasteiger partial charge is 0.0269 e. The first kappa shape index (κ1) is 10.8. The van der Waals surface area contributed by atoms with Gasteiger partial charge in [0.2, 0.25) is 0 Å². The van der Waals surface area contributed by atoms with Crippen LogP contribution < -0.4 is 5.73 Å². The van der Waals surface area contributed by atoms with Crippen LogP contribution >= 0.6 is 0 Å². The van der Waals surface area contributed by atoms with Crippen LogP contribution in [-0.4, -0.2) is 53.1 Å². The van der Waals surface area contributed by atoms with Gasteiger partial charge < -0.3 is 5.73 Å². The van der Waals surface area contributed by atoms with Crippen molar-refractivity contribution >= 4 is 0 Å². The molecule has 0 aromatic rings. The van der Waals surface area contributed by atoms with Crippen molar-refractivity contribution in [3.8, 4) is 0 Å². The Balaban J connectivity index is 1.55. The summed E-state index contributed by atoms with van der Waals surface area (Å²) in [6, 6.07) is 3.92. The number of hydrogen-bond donors (Lipinski definition) is 1. The van der Waals surface area contributed by atoms with Crippen LogP contribution in [0.15, 0.2) is 0 Å². The van der Waals surface area contributed by atoms with Crippen molar-refractivity contribution in [1.29, 1.82) is 0 Å². The molecule has 0 saturated carbocycles. The Bertz CT molecular complexity index is 292. The highest BCUT2D eigenvalue weighted by molar-refractivity contribution is 5.05. The number of rotatable bonds is 1. The van der Waals surface area contributed by atoms with Crippen LogP contribution in [0.1, 0.15) is 44.9 Å². The molecule has 96 valence electrons. The molecule has 0 aliphatic carbocycles. The van der Waals surface area contributed by atoms with E-state index in [0.29, 0.717) is 6.04 Å². The molecule has 2 N–H and O–H groups in total. The van der Waals surface area contributed by atoms with E-state index in [1.54, 1.807) is 0 Å². The van der Waals surface area contributed by atoms with Crippen LogP contribution in [0, 0.1) is 0 Å². The highest BCUT2D eigenvalue weighted by Crippen LogP contribution is 2.42. The van der Waals surface area contributed by atoms with E-state index in [-0.39, 0.29) is 0 Å². The van der Waals surface area contributed by atoms with Gasteiger partial charge in [-0.3, -0.25) is 9.80 Å². The number of nitrogens with zero attached hydrogens (tertiary/aromatic N) is 2. The lowest BCUT2D eigenvalue weighted by Crippen LogP contribution is -2.54. The van der Waals surface area contributed by atoms with Gasteiger partial charge >= 0.3 is 0 Å². The summed E-state index contributed by atoms with van der Waals surface area (Å²) >= 11 is 0. The molecule has 4 saturated heterocycles. The predicted molar refractivity (Wildman–Crippen MR) is 68.9 cm³/mol. The Morgan fingerprint density at radius 2 is 1.59 bits per heavy atom. The fourth-order valence-electron chi connectivity index (χ4n) is 5.20. The molecular weight excluding hydrogens is 210 g/mol. The van der Waals surface area contributed by atoms with Gasteiger partial charge in [-0.15, -0.1) is 0 Å². The van der Waals surface area contributed by atoms with Crippen molar-refractivity contribution in [3.05, 3.63) is 0 Å². The SMILES string of the molecule is NC1CC2CCC(C1)N2C1CCN2CCCC12. The third kappa shape index (κ3) is 1.59. The molecule has 4 fully saturated rings. The van der Waals surface area contributed by atoms with E-state index in [4.69, 9.17) is 5.73 Å². The molecule has 4 aliphatic heterocycles. The van der Waals surface area contributed by atoms with Crippen molar-refractivity contribution in [2.45, 2.75) is 75.2 Å². The first-order chi connectivity index (χ1) is 8.33. The zero-order chi connectivity index (χ0) is 11.4. The number of piperidine rings is 1. The minimum atomic E-state index is 0.491. The summed E-state index contributed by atoms with van der Waals surface area (Å²) in [7, 11) is 0. The molecule has 0 radical (unpaired) electrons. The van der Waals surface area contributed by atoms with E-state index in [0.717, 1.165) is 24.2 Å². The Morgan fingerprint density at radius 1 is 0.824 bits per heavy atom. The molecule has 4 atom stereocenters. The standard InChI is InChI=1S/C14H25N3/c15-10-8-11-3-4-12(9-10)17(11)14-5-7-16-6-1-2-13(14)16/h10-14H,1-9,15H2. The Labute approximate surface area is 104 Å². The lowest BCUT2D eigenvalue weighted by Gasteiger charge is -2.43. The number of nitrogens with two attached hydrogens (primary N) is 1. The third-order valence-electron chi connectivity index (χ3n) is 5.78. The Kier molecular flexibility index (Phi) is 2.50. The summed E-state index contributed by atoms with van der Waals surface area (Å²) in [6.07, 6.45) is 9.67. The molecule has 3 nitrogen and oxygen atoms in total. The van der Waals surface area contributed by atoms with Crippen LogP contribution in [0.2, 0.25) is 0 Å². The fourth-order valence-corrected chi connectivity index (χ4v) is 5.20. The van der Waals surface area contributed by atoms with Gasteiger partial charge in [0, 0.05) is 36.8 Å². The van der Waals surface area contributed by atoms with Crippen molar-refractivity contribution in [1.82, 2.24) is 9.80 Å². The maximum absolute atomic E-state index is 6.19. The van der Waals surface area contributed by atoms with Gasteiger partial charge in [-0.1, -0.05) is 0 Å². The van der Waals surface area contributed by atoms with Crippen molar-refractivity contribution in [2.24, 2.45) is 5.73 Å². The first-order valence-corrected chi connectivity index (χ1v) is 7.60. The van der Waals surface area contributed by atoms with Gasteiger partial charge in [0.1, 0.15) is 0 Å². The minimum Gasteiger partial charge on any atom is -0.328 e. The second-order valence-electron chi connectivity index (χ2n) is 6.67. The van der Waals surface area contributed by atoms with Crippen LogP contribution in [0.4, 0.5) is 0 Å². The van der Waals surface area contributed by atoms with Gasteiger partial charge in [0.25, 0.3) is 0 Å². The van der Waals surface area contributed by atoms with E-state index in [2.05, 4.69) is 9.80 Å². The van der Waals surface area contributed by atoms with Crippen molar-refractivity contribution in [2.75, 3.05) is 13.1 Å². The molecule has 4 rings (SSSR count). The maximum atomic E-state index is 6.19. The lowest BCUT2D eigenvalue weighted by atomic mass is 9.93. The van der Waals surface area contributed by atoms with E-state index in [1.807, 2.05) is 0 Å². The molecule has 0 amide bonds. The minimum absolute atomic E-state index is 0.491. The van der Waals surface area contributed by atoms with Gasteiger partial charge in [0.05, 0.1) is 0 Å². The largest absolute Gasteiger partial charge is 0.328 e. The summed E-state index contributed by atoms with van der Waals surface area (Å²) < 4.78 is 0. The van der Waals surface area contributed by atoms with Crippen LogP contribution in [0.5, 0.6) is 0 Å².